The van der Waals surface area contributed by atoms with Crippen molar-refractivity contribution in [1.82, 2.24) is 17.8 Å². The van der Waals surface area contributed by atoms with Gasteiger partial charge in [0, 0.05) is 95.7 Å². The van der Waals surface area contributed by atoms with Gasteiger partial charge in [-0.05, 0) is 240 Å². The smallest absolute Gasteiger partial charge is 0.410 e. The molecule has 2 aromatic heterocycles. The maximum Gasteiger partial charge on any atom is 0.410 e. The molecular weight excluding hydrogens is 1990 g/mol. The number of benzene rings is 13. The summed E-state index contributed by atoms with van der Waals surface area (Å²) >= 11 is 2.35. The third-order valence-electron chi connectivity index (χ3n) is 29.5. The number of nitrogens with zero attached hydrogens (tertiary/aromatic N) is 8. The molecule has 8 aliphatic heterocycles. The zero-order valence-corrected chi connectivity index (χ0v) is 87.8. The van der Waals surface area contributed by atoms with Crippen molar-refractivity contribution < 1.29 is 77.9 Å². The molecule has 766 valence electrons. The van der Waals surface area contributed by atoms with Crippen LogP contribution in [0.1, 0.15) is 184 Å². The fourth-order valence-corrected chi connectivity index (χ4v) is 29.5. The Bertz CT molecular complexity index is 7880. The van der Waals surface area contributed by atoms with Gasteiger partial charge in [0.15, 0.2) is 23.1 Å². The first-order valence-electron chi connectivity index (χ1n) is 51.0. The summed E-state index contributed by atoms with van der Waals surface area (Å²) in [5.41, 5.74) is 12.8. The van der Waals surface area contributed by atoms with Crippen LogP contribution < -0.4 is 24.3 Å². The monoisotopic (exact) mass is 2100 g/mol. The van der Waals surface area contributed by atoms with E-state index < -0.39 is 65.9 Å². The number of carbonyl (C=O) groups is 9. The Morgan fingerprint density at radius 1 is 0.313 bits per heavy atom. The van der Waals surface area contributed by atoms with Crippen molar-refractivity contribution in [3.05, 3.63) is 369 Å². The number of hydrogen-bond acceptors (Lipinski definition) is 19. The lowest BCUT2D eigenvalue weighted by molar-refractivity contribution is -0.125. The maximum absolute atomic E-state index is 13.8. The summed E-state index contributed by atoms with van der Waals surface area (Å²) < 4.78 is 95.8. The van der Waals surface area contributed by atoms with Gasteiger partial charge >= 0.3 is 6.09 Å². The minimum Gasteiger partial charge on any atom is -0.497 e. The molecule has 8 aliphatic rings. The highest BCUT2D eigenvalue weighted by Crippen LogP contribution is 2.47. The number of hydrogen-bond donors (Lipinski definition) is 0. The zero-order chi connectivity index (χ0) is 104. The molecule has 0 saturated carbocycles. The number of methoxy groups -OCH3 is 1. The molecule has 23 rings (SSSR count). The van der Waals surface area contributed by atoms with Gasteiger partial charge in [0.25, 0.3) is 43.7 Å². The topological polar surface area (TPSA) is 300 Å². The number of ketones is 4. The van der Waals surface area contributed by atoms with Crippen molar-refractivity contribution in [2.45, 2.75) is 193 Å². The molecule has 0 spiro atoms. The summed E-state index contributed by atoms with van der Waals surface area (Å²) in [5, 5.41) is 10.5. The molecule has 0 bridgehead atoms. The van der Waals surface area contributed by atoms with Gasteiger partial charge in [-0.15, -0.1) is 22.7 Å². The Morgan fingerprint density at radius 2 is 0.600 bits per heavy atom. The van der Waals surface area contributed by atoms with E-state index in [-0.39, 0.29) is 85.8 Å². The second-order valence-corrected chi connectivity index (χ2v) is 48.1. The summed E-state index contributed by atoms with van der Waals surface area (Å²) in [6.45, 7) is 8.93. The summed E-state index contributed by atoms with van der Waals surface area (Å²) in [6, 6.07) is 87.8. The van der Waals surface area contributed by atoms with E-state index in [0.29, 0.717) is 112 Å². The molecule has 0 radical (unpaired) electrons. The van der Waals surface area contributed by atoms with Gasteiger partial charge < -0.3 is 29.1 Å². The number of rotatable bonds is 27. The van der Waals surface area contributed by atoms with Crippen molar-refractivity contribution in [2.75, 3.05) is 52.9 Å². The van der Waals surface area contributed by atoms with E-state index >= 15 is 0 Å². The van der Waals surface area contributed by atoms with E-state index in [1.54, 1.807) is 66.8 Å². The quantitative estimate of drug-likeness (QED) is 0.0462. The van der Waals surface area contributed by atoms with Crippen LogP contribution in [0.15, 0.2) is 315 Å². The molecule has 15 aromatic rings. The number of Topliss-reactive ketones (excluding diaryl/α,β-unsaturated/α-hetero) is 4. The molecule has 13 aromatic carbocycles. The SMILES string of the molecule is CC(C)(C)OC(=O)N1CCCCC1C(=O)Cc1ccc2c3c(cccc13)C(=O)N2Cc1ccccc1.COc1ccc(S(=O)(=O)N2CCCCC2C(=O)Cc2ccc3c4c(cccc24)C(=O)N3Cc2ccccc2)cc1.O=C(Cc1ccc2c3c(cccc13)C(=O)N2Cc1ccccc1)C1CCCCN1S(=O)(=O)c1cccs1.O=C(Cc1ccc2c3c(cccc13)C(=O)N2Cc1ccccc1)C1CCCCN1S(=O)(=O)c1cccs1. The molecule has 4 atom stereocenters. The van der Waals surface area contributed by atoms with E-state index in [9.17, 15) is 68.4 Å². The minimum atomic E-state index is -3.86. The second-order valence-electron chi connectivity index (χ2n) is 40.1. The first-order chi connectivity index (χ1) is 72.5. The molecule has 30 heteroatoms. The molecule has 0 N–H and O–H groups in total. The Kier molecular flexibility index (Phi) is 30.0. The average Bonchev–Trinajstić information content (AvgIpc) is 1.60. The number of amides is 5. The van der Waals surface area contributed by atoms with Crippen molar-refractivity contribution in [1.29, 1.82) is 0 Å². The summed E-state index contributed by atoms with van der Waals surface area (Å²) in [5.74, 6) is 0.0508. The highest BCUT2D eigenvalue weighted by Gasteiger charge is 2.45. The van der Waals surface area contributed by atoms with Gasteiger partial charge in [-0.25, -0.2) is 30.0 Å². The van der Waals surface area contributed by atoms with Gasteiger partial charge in [0.2, 0.25) is 10.0 Å². The number of anilines is 4. The molecule has 4 saturated heterocycles. The molecule has 25 nitrogen and oxygen atoms in total. The summed E-state index contributed by atoms with van der Waals surface area (Å²) in [6.07, 6.45) is 8.67. The number of piperidine rings is 4. The average molecular weight is 2100 g/mol. The Balaban J connectivity index is 0.000000121. The van der Waals surface area contributed by atoms with Gasteiger partial charge in [0.05, 0.1) is 85.1 Å². The number of likely N-dealkylation sites (tertiary alicyclic amines) is 1. The van der Waals surface area contributed by atoms with E-state index in [0.717, 1.165) is 155 Å². The lowest BCUT2D eigenvalue weighted by Gasteiger charge is -2.36. The van der Waals surface area contributed by atoms with E-state index in [1.165, 1.54) is 54.8 Å². The van der Waals surface area contributed by atoms with Crippen LogP contribution in [-0.4, -0.2) is 159 Å². The minimum absolute atomic E-state index is 0.00623. The summed E-state index contributed by atoms with van der Waals surface area (Å²) in [4.78, 5) is 130. The molecule has 150 heavy (non-hydrogen) atoms. The molecule has 4 fully saturated rings. The first-order valence-corrected chi connectivity index (χ1v) is 57.1. The van der Waals surface area contributed by atoms with Crippen molar-refractivity contribution in [2.24, 2.45) is 0 Å². The molecular formula is C120H114N8O17S5. The standard InChI is InChI=1S/C32H30N2O5S.C30H32N2O4.2C29H26N2O4S2/c1-39-24-14-16-25(17-15-24)40(37,38)34-19-6-5-12-28(34)30(35)20-23-13-18-29-31-26(23)10-7-11-27(31)32(36)33(29)21-22-8-3-2-4-9-22;1-30(2,3)36-29(35)31-17-8-7-14-24(31)26(33)18-21-15-16-25-27-22(21)12-9-13-23(27)28(34)32(25)19-20-10-5-4-6-11-20;2*32-26(24-12-4-5-16-31(24)37(34,35)27-13-7-17-36-27)18-21-14-15-25-28-22(21)10-6-11-23(28)29(33)30(25)19-20-8-2-1-3-9-20/h2-4,7-11,13-18,28H,5-6,12,19-21H2,1H3;4-6,9-13,15-16,24H,7-8,14,17-19H2,1-3H3;2*1-3,6-11,13-15,17,24H,4-5,12,16,18-19H2. The van der Waals surface area contributed by atoms with Gasteiger partial charge in [0.1, 0.15) is 19.8 Å². The predicted molar refractivity (Wildman–Crippen MR) is 585 cm³/mol. The first kappa shape index (κ1) is 103. The maximum atomic E-state index is 13.8. The van der Waals surface area contributed by atoms with Gasteiger partial charge in [-0.3, -0.25) is 43.3 Å². The van der Waals surface area contributed by atoms with Gasteiger partial charge in [-0.1, -0.05) is 226 Å². The van der Waals surface area contributed by atoms with Crippen LogP contribution in [-0.2, 0) is 106 Å². The Labute approximate surface area is 880 Å². The van der Waals surface area contributed by atoms with Crippen LogP contribution in [0.4, 0.5) is 27.5 Å². The van der Waals surface area contributed by atoms with Crippen molar-refractivity contribution in [3.8, 4) is 5.75 Å². The Hall–Kier alpha value is -14.3. The predicted octanol–water partition coefficient (Wildman–Crippen LogP) is 22.1. The highest BCUT2D eigenvalue weighted by molar-refractivity contribution is 7.91. The zero-order valence-electron chi connectivity index (χ0n) is 83.7. The van der Waals surface area contributed by atoms with E-state index in [4.69, 9.17) is 9.47 Å². The lowest BCUT2D eigenvalue weighted by atomic mass is 9.92. The third kappa shape index (κ3) is 20.8. The number of carbonyl (C=O) groups excluding carboxylic acids is 9. The number of ether oxygens (including phenoxy) is 2. The van der Waals surface area contributed by atoms with Crippen molar-refractivity contribution in [3.63, 3.8) is 0 Å². The van der Waals surface area contributed by atoms with E-state index in [2.05, 4.69) is 0 Å². The van der Waals surface area contributed by atoms with Crippen LogP contribution in [0.5, 0.6) is 5.75 Å². The number of sulfonamides is 3. The number of thiophene rings is 2. The highest BCUT2D eigenvalue weighted by atomic mass is 32.3. The molecule has 4 unspecified atom stereocenters. The van der Waals surface area contributed by atoms with Crippen LogP contribution in [0.3, 0.4) is 0 Å². The van der Waals surface area contributed by atoms with Crippen LogP contribution >= 0.6 is 22.7 Å². The van der Waals surface area contributed by atoms with Crippen LogP contribution in [0, 0.1) is 0 Å². The summed E-state index contributed by atoms with van der Waals surface area (Å²) in [7, 11) is -9.76. The normalized spacial score (nSPS) is 17.7. The van der Waals surface area contributed by atoms with Crippen molar-refractivity contribution >= 4 is 171 Å². The Morgan fingerprint density at radius 3 is 0.887 bits per heavy atom. The lowest BCUT2D eigenvalue weighted by Crippen LogP contribution is -2.50. The second kappa shape index (κ2) is 43.7. The largest absolute Gasteiger partial charge is 0.497 e. The molecule has 0 aliphatic carbocycles. The van der Waals surface area contributed by atoms with Gasteiger partial charge in [-0.2, -0.15) is 12.9 Å². The molecule has 5 amide bonds. The van der Waals surface area contributed by atoms with E-state index in [1.807, 2.05) is 268 Å². The fourth-order valence-electron chi connectivity index (χ4n) is 22.2. The third-order valence-corrected chi connectivity index (χ3v) is 37.9. The fraction of sp³-hybridized carbons (Fsp3) is 0.275. The van der Waals surface area contributed by atoms with Crippen LogP contribution in [0.2, 0.25) is 0 Å². The van der Waals surface area contributed by atoms with Crippen LogP contribution in [0.25, 0.3) is 43.1 Å². The molecule has 10 heterocycles.